The molecule has 0 amide bonds. The molecule has 0 aliphatic heterocycles. The Morgan fingerprint density at radius 3 is 1.98 bits per heavy atom. The molecule has 0 aliphatic rings. The lowest BCUT2D eigenvalue weighted by Gasteiger charge is -2.37. The van der Waals surface area contributed by atoms with Gasteiger partial charge < -0.3 is 34.1 Å². The zero-order chi connectivity index (χ0) is 29.5. The number of benzene rings is 3. The minimum Gasteiger partial charge on any atom is -0.497 e. The Bertz CT molecular complexity index is 1590. The van der Waals surface area contributed by atoms with Crippen molar-refractivity contribution in [2.24, 2.45) is 0 Å². The summed E-state index contributed by atoms with van der Waals surface area (Å²) in [6.07, 6.45) is 0.757. The van der Waals surface area contributed by atoms with Crippen LogP contribution in [0.25, 0.3) is 11.2 Å². The van der Waals surface area contributed by atoms with E-state index < -0.39 is 36.7 Å². The molecule has 2 aromatic heterocycles. The van der Waals surface area contributed by atoms with Crippen molar-refractivity contribution in [2.45, 2.75) is 17.9 Å². The van der Waals surface area contributed by atoms with Gasteiger partial charge in [-0.1, -0.05) is 54.6 Å². The lowest BCUT2D eigenvalue weighted by atomic mass is 9.80. The van der Waals surface area contributed by atoms with Crippen LogP contribution in [0.3, 0.4) is 0 Å². The molecular weight excluding hydrogens is 540 g/mol. The third-order valence-electron chi connectivity index (χ3n) is 7.04. The van der Waals surface area contributed by atoms with Crippen molar-refractivity contribution in [3.05, 3.63) is 119 Å². The zero-order valence-electron chi connectivity index (χ0n) is 23.2. The highest BCUT2D eigenvalue weighted by atomic mass is 16.6. The molecule has 0 aliphatic carbocycles. The van der Waals surface area contributed by atoms with Gasteiger partial charge in [-0.15, -0.1) is 0 Å². The van der Waals surface area contributed by atoms with Gasteiger partial charge in [-0.3, -0.25) is 9.36 Å². The Balaban J connectivity index is 1.53. The normalized spacial score (nSPS) is 13.1. The van der Waals surface area contributed by atoms with Crippen LogP contribution >= 0.6 is 0 Å². The van der Waals surface area contributed by atoms with Crippen LogP contribution in [0.5, 0.6) is 11.5 Å². The summed E-state index contributed by atoms with van der Waals surface area (Å²) in [4.78, 5) is 22.9. The number of nitrogens with one attached hydrogen (secondary N) is 1. The molecule has 11 heteroatoms. The number of rotatable bonds is 13. The van der Waals surface area contributed by atoms with Crippen LogP contribution in [0.15, 0.2) is 96.3 Å². The molecule has 3 N–H and O–H groups in total. The summed E-state index contributed by atoms with van der Waals surface area (Å²) in [5.41, 5.74) is 1.30. The Kier molecular flexibility index (Phi) is 8.94. The van der Waals surface area contributed by atoms with E-state index in [2.05, 4.69) is 15.0 Å². The smallest absolute Gasteiger partial charge is 0.278 e. The van der Waals surface area contributed by atoms with Crippen LogP contribution in [-0.4, -0.2) is 69.9 Å². The van der Waals surface area contributed by atoms with Crippen molar-refractivity contribution in [3.63, 3.8) is 0 Å². The molecule has 0 radical (unpaired) electrons. The lowest BCUT2D eigenvalue weighted by Crippen LogP contribution is -2.38. The van der Waals surface area contributed by atoms with Crippen LogP contribution in [0.4, 0.5) is 0 Å². The van der Waals surface area contributed by atoms with Crippen molar-refractivity contribution in [3.8, 4) is 11.5 Å². The lowest BCUT2D eigenvalue weighted by molar-refractivity contribution is -0.136. The molecule has 11 nitrogen and oxygen atoms in total. The van der Waals surface area contributed by atoms with Gasteiger partial charge in [0, 0.05) is 0 Å². The van der Waals surface area contributed by atoms with Crippen molar-refractivity contribution < 1.29 is 29.2 Å². The summed E-state index contributed by atoms with van der Waals surface area (Å²) >= 11 is 0. The van der Waals surface area contributed by atoms with Gasteiger partial charge in [0.15, 0.2) is 17.4 Å². The molecule has 218 valence electrons. The van der Waals surface area contributed by atoms with Crippen LogP contribution < -0.4 is 15.0 Å². The second-order valence-electron chi connectivity index (χ2n) is 9.45. The van der Waals surface area contributed by atoms with E-state index in [1.54, 1.807) is 14.2 Å². The number of ether oxygens (including phenoxy) is 4. The van der Waals surface area contributed by atoms with Gasteiger partial charge in [-0.2, -0.15) is 0 Å². The number of hydrogen-bond acceptors (Lipinski definition) is 9. The van der Waals surface area contributed by atoms with Gasteiger partial charge in [0.05, 0.1) is 46.7 Å². The van der Waals surface area contributed by atoms with E-state index in [4.69, 9.17) is 18.9 Å². The number of fused-ring (bicyclic) bond motifs is 1. The molecule has 3 aromatic carbocycles. The average molecular weight is 573 g/mol. The number of aromatic nitrogens is 4. The first-order valence-corrected chi connectivity index (χ1v) is 13.3. The van der Waals surface area contributed by atoms with E-state index in [9.17, 15) is 15.0 Å². The number of hydrogen-bond donors (Lipinski definition) is 3. The molecule has 5 rings (SSSR count). The molecular formula is C31H32N4O7. The van der Waals surface area contributed by atoms with E-state index in [0.717, 1.165) is 16.7 Å². The molecule has 5 aromatic rings. The largest absolute Gasteiger partial charge is 0.497 e. The van der Waals surface area contributed by atoms with Gasteiger partial charge in [-0.05, 0) is 41.0 Å². The summed E-state index contributed by atoms with van der Waals surface area (Å²) in [6, 6.07) is 24.9. The standard InChI is InChI=1S/C31H32N4O7/c1-39-24-12-8-22(9-13-24)31(21-6-4-3-5-7-21,23-10-14-25(40-2)15-11-23)41-18-26(16-36)42-27(17-37)35-20-34-28-29(35)32-19-33-30(28)38/h3-15,19-20,26-27,36-37H,16-18H2,1-2H3,(H,32,33,38)/t26-,27+/m0/s1. The van der Waals surface area contributed by atoms with Gasteiger partial charge in [0.1, 0.15) is 23.2 Å². The summed E-state index contributed by atoms with van der Waals surface area (Å²) in [7, 11) is 3.21. The van der Waals surface area contributed by atoms with Crippen LogP contribution in [0.2, 0.25) is 0 Å². The summed E-state index contributed by atoms with van der Waals surface area (Å²) in [5.74, 6) is 1.38. The van der Waals surface area contributed by atoms with E-state index in [0.29, 0.717) is 11.5 Å². The Morgan fingerprint density at radius 2 is 1.43 bits per heavy atom. The fourth-order valence-corrected chi connectivity index (χ4v) is 4.92. The van der Waals surface area contributed by atoms with Gasteiger partial charge in [-0.25, -0.2) is 9.97 Å². The van der Waals surface area contributed by atoms with Gasteiger partial charge in [0.25, 0.3) is 5.56 Å². The zero-order valence-corrected chi connectivity index (χ0v) is 23.2. The highest BCUT2D eigenvalue weighted by molar-refractivity contribution is 5.68. The Morgan fingerprint density at radius 1 is 0.833 bits per heavy atom. The van der Waals surface area contributed by atoms with E-state index in [1.165, 1.54) is 17.2 Å². The SMILES string of the molecule is COc1ccc(C(OC[C@H](CO)O[C@H](CO)n2cnc3c(=O)[nH]cnc32)(c2ccccc2)c2ccc(OC)cc2)cc1. The first-order chi connectivity index (χ1) is 20.5. The molecule has 0 fully saturated rings. The van der Waals surface area contributed by atoms with E-state index in [1.807, 2.05) is 78.9 Å². The number of nitrogens with zero attached hydrogens (tertiary/aromatic N) is 3. The second kappa shape index (κ2) is 13.0. The minimum atomic E-state index is -1.12. The molecule has 2 atom stereocenters. The highest BCUT2D eigenvalue weighted by Gasteiger charge is 2.39. The van der Waals surface area contributed by atoms with Crippen LogP contribution in [-0.2, 0) is 15.1 Å². The first-order valence-electron chi connectivity index (χ1n) is 13.3. The number of aliphatic hydroxyl groups is 2. The summed E-state index contributed by atoms with van der Waals surface area (Å²) < 4.78 is 25.2. The van der Waals surface area contributed by atoms with E-state index >= 15 is 0 Å². The Hall–Kier alpha value is -4.55. The topological polar surface area (TPSA) is 141 Å². The predicted molar refractivity (Wildman–Crippen MR) is 154 cm³/mol. The highest BCUT2D eigenvalue weighted by Crippen LogP contribution is 2.42. The van der Waals surface area contributed by atoms with Gasteiger partial charge in [0.2, 0.25) is 0 Å². The third-order valence-corrected chi connectivity index (χ3v) is 7.04. The molecule has 2 heterocycles. The molecule has 0 saturated heterocycles. The van der Waals surface area contributed by atoms with Crippen molar-refractivity contribution >= 4 is 11.2 Å². The fourth-order valence-electron chi connectivity index (χ4n) is 4.92. The monoisotopic (exact) mass is 572 g/mol. The maximum absolute atomic E-state index is 12.1. The quantitative estimate of drug-likeness (QED) is 0.182. The fraction of sp³-hybridized carbons (Fsp3) is 0.258. The molecule has 0 saturated carbocycles. The van der Waals surface area contributed by atoms with Gasteiger partial charge >= 0.3 is 0 Å². The molecule has 0 spiro atoms. The molecule has 0 unspecified atom stereocenters. The maximum atomic E-state index is 12.1. The maximum Gasteiger partial charge on any atom is 0.278 e. The van der Waals surface area contributed by atoms with Crippen molar-refractivity contribution in [1.82, 2.24) is 19.5 Å². The predicted octanol–water partition coefficient (Wildman–Crippen LogP) is 3.01. The number of aliphatic hydroxyl groups excluding tert-OH is 2. The summed E-state index contributed by atoms with van der Waals surface area (Å²) in [6.45, 7) is -0.939. The first kappa shape index (κ1) is 29.0. The number of aromatic amines is 1. The van der Waals surface area contributed by atoms with Crippen molar-refractivity contribution in [1.29, 1.82) is 0 Å². The van der Waals surface area contributed by atoms with E-state index in [-0.39, 0.29) is 17.8 Å². The second-order valence-corrected chi connectivity index (χ2v) is 9.45. The molecule has 42 heavy (non-hydrogen) atoms. The van der Waals surface area contributed by atoms with Crippen molar-refractivity contribution in [2.75, 3.05) is 34.0 Å². The number of H-pyrrole nitrogens is 1. The minimum absolute atomic E-state index is 0.0689. The summed E-state index contributed by atoms with van der Waals surface area (Å²) in [5, 5.41) is 20.6. The number of methoxy groups -OCH3 is 2. The van der Waals surface area contributed by atoms with Crippen LogP contribution in [0.1, 0.15) is 22.9 Å². The molecule has 0 bridgehead atoms. The number of imidazole rings is 1. The average Bonchev–Trinajstić information content (AvgIpc) is 3.49. The van der Waals surface area contributed by atoms with Crippen LogP contribution in [0, 0.1) is 0 Å². The Labute approximate surface area is 241 Å². The third kappa shape index (κ3) is 5.63.